The van der Waals surface area contributed by atoms with Crippen LogP contribution in [-0.2, 0) is 9.53 Å². The van der Waals surface area contributed by atoms with Gasteiger partial charge in [0.1, 0.15) is 0 Å². The maximum atomic E-state index is 13.0. The summed E-state index contributed by atoms with van der Waals surface area (Å²) < 4.78 is 5.38. The van der Waals surface area contributed by atoms with Crippen LogP contribution in [0.5, 0.6) is 0 Å². The van der Waals surface area contributed by atoms with E-state index in [4.69, 9.17) is 4.74 Å². The zero-order valence-corrected chi connectivity index (χ0v) is 12.6. The number of ether oxygens (including phenoxy) is 1. The second-order valence-electron chi connectivity index (χ2n) is 6.52. The number of piperazine rings is 1. The standard InChI is InChI=1S/C15H27N3O2/c1-20-12-15(4-6-16-7-5-15)14(19)18-10-8-17(9-11-18)13-2-3-13/h13,16H,2-12H2,1H3. The average Bonchev–Trinajstić information content (AvgIpc) is 3.33. The van der Waals surface area contributed by atoms with Crippen molar-refractivity contribution >= 4 is 5.91 Å². The van der Waals surface area contributed by atoms with E-state index in [0.717, 1.165) is 58.2 Å². The third kappa shape index (κ3) is 2.85. The Balaban J connectivity index is 1.61. The lowest BCUT2D eigenvalue weighted by atomic mass is 9.78. The van der Waals surface area contributed by atoms with Crippen LogP contribution in [0.15, 0.2) is 0 Å². The molecule has 2 aliphatic heterocycles. The smallest absolute Gasteiger partial charge is 0.231 e. The van der Waals surface area contributed by atoms with Gasteiger partial charge in [-0.1, -0.05) is 0 Å². The van der Waals surface area contributed by atoms with Crippen molar-refractivity contribution in [3.8, 4) is 0 Å². The van der Waals surface area contributed by atoms with E-state index in [0.29, 0.717) is 12.5 Å². The van der Waals surface area contributed by atoms with Gasteiger partial charge in [0, 0.05) is 39.3 Å². The van der Waals surface area contributed by atoms with E-state index < -0.39 is 0 Å². The van der Waals surface area contributed by atoms with Gasteiger partial charge in [-0.25, -0.2) is 0 Å². The molecule has 5 nitrogen and oxygen atoms in total. The Morgan fingerprint density at radius 3 is 2.40 bits per heavy atom. The topological polar surface area (TPSA) is 44.8 Å². The number of hydrogen-bond donors (Lipinski definition) is 1. The molecular formula is C15H27N3O2. The van der Waals surface area contributed by atoms with Crippen molar-refractivity contribution in [1.82, 2.24) is 15.1 Å². The Morgan fingerprint density at radius 1 is 1.20 bits per heavy atom. The molecule has 0 bridgehead atoms. The molecule has 1 saturated carbocycles. The number of rotatable bonds is 4. The molecule has 3 fully saturated rings. The van der Waals surface area contributed by atoms with Gasteiger partial charge in [-0.3, -0.25) is 9.69 Å². The van der Waals surface area contributed by atoms with Crippen molar-refractivity contribution < 1.29 is 9.53 Å². The van der Waals surface area contributed by atoms with Crippen LogP contribution >= 0.6 is 0 Å². The van der Waals surface area contributed by atoms with Crippen LogP contribution in [0.4, 0.5) is 0 Å². The summed E-state index contributed by atoms with van der Waals surface area (Å²) in [6, 6.07) is 0.819. The summed E-state index contributed by atoms with van der Waals surface area (Å²) in [5.41, 5.74) is -0.276. The molecule has 1 N–H and O–H groups in total. The Bertz CT molecular complexity index is 338. The first kappa shape index (κ1) is 14.3. The van der Waals surface area contributed by atoms with E-state index in [2.05, 4.69) is 15.1 Å². The molecule has 0 radical (unpaired) electrons. The van der Waals surface area contributed by atoms with Crippen molar-refractivity contribution in [2.24, 2.45) is 5.41 Å². The van der Waals surface area contributed by atoms with Crippen LogP contribution < -0.4 is 5.32 Å². The van der Waals surface area contributed by atoms with E-state index in [9.17, 15) is 4.79 Å². The molecule has 1 amide bonds. The number of carbonyl (C=O) groups is 1. The first-order chi connectivity index (χ1) is 9.75. The SMILES string of the molecule is COCC1(C(=O)N2CCN(C3CC3)CC2)CCNCC1. The summed E-state index contributed by atoms with van der Waals surface area (Å²) in [4.78, 5) is 17.6. The fraction of sp³-hybridized carbons (Fsp3) is 0.933. The van der Waals surface area contributed by atoms with Gasteiger partial charge in [0.25, 0.3) is 0 Å². The highest BCUT2D eigenvalue weighted by molar-refractivity contribution is 5.83. The number of nitrogens with one attached hydrogen (secondary N) is 1. The van der Waals surface area contributed by atoms with Gasteiger partial charge in [0.2, 0.25) is 5.91 Å². The van der Waals surface area contributed by atoms with Gasteiger partial charge >= 0.3 is 0 Å². The molecule has 3 rings (SSSR count). The largest absolute Gasteiger partial charge is 0.384 e. The van der Waals surface area contributed by atoms with Crippen molar-refractivity contribution in [2.45, 2.75) is 31.7 Å². The van der Waals surface area contributed by atoms with Gasteiger partial charge in [0.15, 0.2) is 0 Å². The zero-order valence-electron chi connectivity index (χ0n) is 12.6. The predicted molar refractivity (Wildman–Crippen MR) is 77.6 cm³/mol. The van der Waals surface area contributed by atoms with Crippen molar-refractivity contribution in [3.05, 3.63) is 0 Å². The summed E-state index contributed by atoms with van der Waals surface area (Å²) in [5.74, 6) is 0.330. The maximum Gasteiger partial charge on any atom is 0.231 e. The van der Waals surface area contributed by atoms with Gasteiger partial charge in [0.05, 0.1) is 12.0 Å². The summed E-state index contributed by atoms with van der Waals surface area (Å²) in [6.07, 6.45) is 4.52. The molecule has 20 heavy (non-hydrogen) atoms. The van der Waals surface area contributed by atoms with Crippen molar-refractivity contribution in [1.29, 1.82) is 0 Å². The monoisotopic (exact) mass is 281 g/mol. The molecule has 5 heteroatoms. The summed E-state index contributed by atoms with van der Waals surface area (Å²) in [7, 11) is 1.71. The Labute approximate surface area is 121 Å². The number of carbonyl (C=O) groups excluding carboxylic acids is 1. The highest BCUT2D eigenvalue weighted by Gasteiger charge is 2.43. The van der Waals surface area contributed by atoms with E-state index in [-0.39, 0.29) is 5.41 Å². The fourth-order valence-corrected chi connectivity index (χ4v) is 3.67. The first-order valence-corrected chi connectivity index (χ1v) is 7.98. The molecule has 2 saturated heterocycles. The molecule has 114 valence electrons. The van der Waals surface area contributed by atoms with Crippen LogP contribution in [0.25, 0.3) is 0 Å². The quantitative estimate of drug-likeness (QED) is 0.805. The van der Waals surface area contributed by atoms with Gasteiger partial charge in [-0.15, -0.1) is 0 Å². The van der Waals surface area contributed by atoms with Crippen molar-refractivity contribution in [3.63, 3.8) is 0 Å². The van der Waals surface area contributed by atoms with Crippen LogP contribution in [0.2, 0.25) is 0 Å². The lowest BCUT2D eigenvalue weighted by molar-refractivity contribution is -0.149. The minimum absolute atomic E-state index is 0.276. The van der Waals surface area contributed by atoms with Gasteiger partial charge < -0.3 is 15.0 Å². The Hall–Kier alpha value is -0.650. The summed E-state index contributed by atoms with van der Waals surface area (Å²) >= 11 is 0. The van der Waals surface area contributed by atoms with Gasteiger partial charge in [-0.2, -0.15) is 0 Å². The lowest BCUT2D eigenvalue weighted by Gasteiger charge is -2.42. The molecule has 0 spiro atoms. The molecule has 0 aromatic heterocycles. The minimum Gasteiger partial charge on any atom is -0.384 e. The predicted octanol–water partition coefficient (Wildman–Crippen LogP) is 0.309. The average molecular weight is 281 g/mol. The number of amides is 1. The molecule has 0 unspecified atom stereocenters. The van der Waals surface area contributed by atoms with E-state index in [1.165, 1.54) is 12.8 Å². The second kappa shape index (κ2) is 6.00. The summed E-state index contributed by atoms with van der Waals surface area (Å²) in [6.45, 7) is 6.32. The minimum atomic E-state index is -0.276. The molecule has 3 aliphatic rings. The van der Waals surface area contributed by atoms with E-state index >= 15 is 0 Å². The lowest BCUT2D eigenvalue weighted by Crippen LogP contribution is -2.56. The van der Waals surface area contributed by atoms with Crippen LogP contribution in [0.1, 0.15) is 25.7 Å². The maximum absolute atomic E-state index is 13.0. The van der Waals surface area contributed by atoms with Crippen LogP contribution in [0.3, 0.4) is 0 Å². The third-order valence-corrected chi connectivity index (χ3v) is 5.10. The van der Waals surface area contributed by atoms with Gasteiger partial charge in [-0.05, 0) is 38.8 Å². The molecular weight excluding hydrogens is 254 g/mol. The van der Waals surface area contributed by atoms with E-state index in [1.54, 1.807) is 7.11 Å². The van der Waals surface area contributed by atoms with Crippen molar-refractivity contribution in [2.75, 3.05) is 53.0 Å². The molecule has 1 aliphatic carbocycles. The second-order valence-corrected chi connectivity index (χ2v) is 6.52. The number of hydrogen-bond acceptors (Lipinski definition) is 4. The highest BCUT2D eigenvalue weighted by Crippen LogP contribution is 2.33. The Morgan fingerprint density at radius 2 is 1.85 bits per heavy atom. The molecule has 0 atom stereocenters. The van der Waals surface area contributed by atoms with Crippen LogP contribution in [-0.4, -0.2) is 74.7 Å². The number of nitrogens with zero attached hydrogens (tertiary/aromatic N) is 2. The first-order valence-electron chi connectivity index (χ1n) is 7.98. The molecule has 0 aromatic rings. The number of piperidine rings is 1. The normalized spacial score (nSPS) is 27.6. The fourth-order valence-electron chi connectivity index (χ4n) is 3.67. The Kier molecular flexibility index (Phi) is 4.29. The summed E-state index contributed by atoms with van der Waals surface area (Å²) in [5, 5.41) is 3.35. The third-order valence-electron chi connectivity index (χ3n) is 5.10. The molecule has 2 heterocycles. The zero-order chi connectivity index (χ0) is 14.0. The van der Waals surface area contributed by atoms with Crippen LogP contribution in [0, 0.1) is 5.41 Å². The number of methoxy groups -OCH3 is 1. The van der Waals surface area contributed by atoms with E-state index in [1.807, 2.05) is 0 Å². The highest BCUT2D eigenvalue weighted by atomic mass is 16.5. The molecule has 0 aromatic carbocycles.